The van der Waals surface area contributed by atoms with E-state index in [-0.39, 0.29) is 17.8 Å². The molecule has 1 rings (SSSR count). The van der Waals surface area contributed by atoms with Crippen molar-refractivity contribution in [2.75, 3.05) is 12.3 Å². The number of nitrogens with two attached hydrogens (primary N) is 1. The van der Waals surface area contributed by atoms with Gasteiger partial charge in [0.1, 0.15) is 0 Å². The summed E-state index contributed by atoms with van der Waals surface area (Å²) in [4.78, 5) is 21.7. The molecule has 0 unspecified atom stereocenters. The Morgan fingerprint density at radius 3 is 2.63 bits per heavy atom. The molecule has 0 radical (unpaired) electrons. The third kappa shape index (κ3) is 4.93. The van der Waals surface area contributed by atoms with E-state index in [1.165, 1.54) is 12.1 Å². The molecule has 0 aromatic heterocycles. The highest BCUT2D eigenvalue weighted by Gasteiger charge is 2.15. The summed E-state index contributed by atoms with van der Waals surface area (Å²) in [6, 6.07) is 3.70. The molecule has 19 heavy (non-hydrogen) atoms. The maximum Gasteiger partial charge on any atom is 0.270 e. The Kier molecular flexibility index (Phi) is 4.97. The maximum atomic E-state index is 11.7. The molecule has 8 nitrogen and oxygen atoms in total. The van der Waals surface area contributed by atoms with Gasteiger partial charge in [0.05, 0.1) is 16.2 Å². The molecule has 1 amide bonds. The lowest BCUT2D eigenvalue weighted by Crippen LogP contribution is -2.31. The zero-order valence-corrected chi connectivity index (χ0v) is 11.9. The molecule has 0 saturated carbocycles. The summed E-state index contributed by atoms with van der Waals surface area (Å²) < 4.78 is 21.7. The van der Waals surface area contributed by atoms with Crippen LogP contribution in [0.3, 0.4) is 0 Å². The second-order valence-corrected chi connectivity index (χ2v) is 6.13. The summed E-state index contributed by atoms with van der Waals surface area (Å²) >= 11 is 3.09. The van der Waals surface area contributed by atoms with Crippen molar-refractivity contribution in [1.82, 2.24) is 5.32 Å². The minimum atomic E-state index is -3.67. The lowest BCUT2D eigenvalue weighted by atomic mass is 10.2. The van der Waals surface area contributed by atoms with Crippen molar-refractivity contribution in [1.29, 1.82) is 0 Å². The second-order valence-electron chi connectivity index (χ2n) is 3.54. The molecule has 0 aliphatic heterocycles. The monoisotopic (exact) mass is 351 g/mol. The Balaban J connectivity index is 2.82. The van der Waals surface area contributed by atoms with Gasteiger partial charge in [0.15, 0.2) is 0 Å². The Morgan fingerprint density at radius 2 is 2.11 bits per heavy atom. The Morgan fingerprint density at radius 1 is 1.47 bits per heavy atom. The normalized spacial score (nSPS) is 11.1. The molecule has 0 heterocycles. The first-order valence-corrected chi connectivity index (χ1v) is 7.44. The Bertz CT molecular complexity index is 616. The van der Waals surface area contributed by atoms with Crippen molar-refractivity contribution in [3.05, 3.63) is 38.3 Å². The number of nitro groups is 1. The van der Waals surface area contributed by atoms with E-state index in [9.17, 15) is 23.3 Å². The van der Waals surface area contributed by atoms with Crippen molar-refractivity contribution in [2.45, 2.75) is 0 Å². The molecule has 0 atom stereocenters. The van der Waals surface area contributed by atoms with Gasteiger partial charge >= 0.3 is 0 Å². The number of nitrogens with zero attached hydrogens (tertiary/aromatic N) is 1. The minimum absolute atomic E-state index is 0.0450. The third-order valence-electron chi connectivity index (χ3n) is 2.08. The first-order chi connectivity index (χ1) is 8.70. The Labute approximate surface area is 117 Å². The van der Waals surface area contributed by atoms with Gasteiger partial charge in [-0.15, -0.1) is 0 Å². The van der Waals surface area contributed by atoms with E-state index in [1.807, 2.05) is 0 Å². The van der Waals surface area contributed by atoms with Gasteiger partial charge in [-0.3, -0.25) is 14.9 Å². The van der Waals surface area contributed by atoms with E-state index in [2.05, 4.69) is 21.2 Å². The van der Waals surface area contributed by atoms with Crippen molar-refractivity contribution in [2.24, 2.45) is 5.14 Å². The third-order valence-corrected chi connectivity index (χ3v) is 3.54. The fourth-order valence-electron chi connectivity index (χ4n) is 1.20. The van der Waals surface area contributed by atoms with E-state index in [0.717, 1.165) is 6.07 Å². The van der Waals surface area contributed by atoms with Gasteiger partial charge in [0, 0.05) is 23.2 Å². The number of carbonyl (C=O) groups is 1. The van der Waals surface area contributed by atoms with Crippen LogP contribution in [0.1, 0.15) is 10.4 Å². The zero-order chi connectivity index (χ0) is 14.6. The van der Waals surface area contributed by atoms with Crippen LogP contribution in [0, 0.1) is 10.1 Å². The quantitative estimate of drug-likeness (QED) is 0.584. The molecular formula is C9H10BrN3O5S. The number of primary sulfonamides is 1. The SMILES string of the molecule is NS(=O)(=O)CCNC(=O)c1cc([N+](=O)[O-])ccc1Br. The number of rotatable bonds is 5. The average molecular weight is 352 g/mol. The van der Waals surface area contributed by atoms with Crippen molar-refractivity contribution < 1.29 is 18.1 Å². The fraction of sp³-hybridized carbons (Fsp3) is 0.222. The highest BCUT2D eigenvalue weighted by atomic mass is 79.9. The molecule has 0 aliphatic rings. The van der Waals surface area contributed by atoms with Crippen LogP contribution in [-0.4, -0.2) is 31.5 Å². The van der Waals surface area contributed by atoms with Gasteiger partial charge in [-0.2, -0.15) is 0 Å². The highest BCUT2D eigenvalue weighted by Crippen LogP contribution is 2.22. The fourth-order valence-corrected chi connectivity index (χ4v) is 2.02. The van der Waals surface area contributed by atoms with Crippen LogP contribution in [0.15, 0.2) is 22.7 Å². The number of hydrogen-bond donors (Lipinski definition) is 2. The second kappa shape index (κ2) is 6.08. The first kappa shape index (κ1) is 15.5. The topological polar surface area (TPSA) is 132 Å². The van der Waals surface area contributed by atoms with E-state index < -0.39 is 26.6 Å². The highest BCUT2D eigenvalue weighted by molar-refractivity contribution is 9.10. The van der Waals surface area contributed by atoms with Crippen LogP contribution < -0.4 is 10.5 Å². The average Bonchev–Trinajstić information content (AvgIpc) is 2.27. The van der Waals surface area contributed by atoms with Crippen molar-refractivity contribution >= 4 is 37.5 Å². The van der Waals surface area contributed by atoms with Crippen LogP contribution in [-0.2, 0) is 10.0 Å². The van der Waals surface area contributed by atoms with E-state index >= 15 is 0 Å². The lowest BCUT2D eigenvalue weighted by Gasteiger charge is -2.06. The van der Waals surface area contributed by atoms with Gasteiger partial charge < -0.3 is 5.32 Å². The molecule has 0 saturated heterocycles. The zero-order valence-electron chi connectivity index (χ0n) is 9.50. The summed E-state index contributed by atoms with van der Waals surface area (Å²) in [7, 11) is -3.67. The standard InChI is InChI=1S/C9H10BrN3O5S/c10-8-2-1-6(13(15)16)5-7(8)9(14)12-3-4-19(11,17)18/h1-2,5H,3-4H2,(H,12,14)(H2,11,17,18). The van der Waals surface area contributed by atoms with E-state index in [0.29, 0.717) is 4.47 Å². The van der Waals surface area contributed by atoms with Crippen LogP contribution >= 0.6 is 15.9 Å². The van der Waals surface area contributed by atoms with Crippen LogP contribution in [0.2, 0.25) is 0 Å². The smallest absolute Gasteiger partial charge is 0.270 e. The van der Waals surface area contributed by atoms with Gasteiger partial charge in [0.2, 0.25) is 10.0 Å². The Hall–Kier alpha value is -1.52. The number of carbonyl (C=O) groups excluding carboxylic acids is 1. The molecule has 1 aromatic carbocycles. The molecule has 1 aromatic rings. The van der Waals surface area contributed by atoms with Crippen LogP contribution in [0.4, 0.5) is 5.69 Å². The largest absolute Gasteiger partial charge is 0.351 e. The number of nitro benzene ring substituents is 1. The maximum absolute atomic E-state index is 11.7. The van der Waals surface area contributed by atoms with Gasteiger partial charge in [-0.1, -0.05) is 0 Å². The van der Waals surface area contributed by atoms with Crippen LogP contribution in [0.25, 0.3) is 0 Å². The number of amides is 1. The predicted octanol–water partition coefficient (Wildman–Crippen LogP) is 0.376. The summed E-state index contributed by atoms with van der Waals surface area (Å²) in [6.07, 6.45) is 0. The van der Waals surface area contributed by atoms with Crippen LogP contribution in [0.5, 0.6) is 0 Å². The number of sulfonamides is 1. The summed E-state index contributed by atoms with van der Waals surface area (Å²) in [5, 5.41) is 17.7. The molecule has 104 valence electrons. The van der Waals surface area contributed by atoms with Gasteiger partial charge in [0.25, 0.3) is 11.6 Å². The molecule has 0 bridgehead atoms. The number of non-ortho nitro benzene ring substituents is 1. The molecule has 3 N–H and O–H groups in total. The van der Waals surface area contributed by atoms with E-state index in [1.54, 1.807) is 0 Å². The summed E-state index contributed by atoms with van der Waals surface area (Å²) in [5.74, 6) is -1.04. The number of nitrogens with one attached hydrogen (secondary N) is 1. The van der Waals surface area contributed by atoms with Gasteiger partial charge in [-0.25, -0.2) is 13.6 Å². The number of halogens is 1. The number of benzene rings is 1. The molecule has 0 spiro atoms. The number of hydrogen-bond acceptors (Lipinski definition) is 5. The lowest BCUT2D eigenvalue weighted by molar-refractivity contribution is -0.384. The van der Waals surface area contributed by atoms with E-state index in [4.69, 9.17) is 5.14 Å². The van der Waals surface area contributed by atoms with Crippen molar-refractivity contribution in [3.8, 4) is 0 Å². The summed E-state index contributed by atoms with van der Waals surface area (Å²) in [5.41, 5.74) is -0.191. The molecule has 10 heteroatoms. The molecule has 0 aliphatic carbocycles. The minimum Gasteiger partial charge on any atom is -0.351 e. The summed E-state index contributed by atoms with van der Waals surface area (Å²) in [6.45, 7) is -0.174. The first-order valence-electron chi connectivity index (χ1n) is 4.93. The predicted molar refractivity (Wildman–Crippen MR) is 71.1 cm³/mol. The van der Waals surface area contributed by atoms with Crippen molar-refractivity contribution in [3.63, 3.8) is 0 Å². The molecule has 0 fully saturated rings. The molecular weight excluding hydrogens is 342 g/mol. The van der Waals surface area contributed by atoms with Gasteiger partial charge in [-0.05, 0) is 22.0 Å².